The zero-order chi connectivity index (χ0) is 15.2. The predicted octanol–water partition coefficient (Wildman–Crippen LogP) is 3.51. The molecule has 0 unspecified atom stereocenters. The Bertz CT molecular complexity index is 645. The van der Waals surface area contributed by atoms with E-state index < -0.39 is 0 Å². The molecule has 6 heteroatoms. The normalized spacial score (nSPS) is 10.2. The van der Waals surface area contributed by atoms with Gasteiger partial charge in [0.05, 0.1) is 12.4 Å². The smallest absolute Gasteiger partial charge is 0.275 e. The lowest BCUT2D eigenvalue weighted by molar-refractivity contribution is 0.102. The molecule has 0 saturated heterocycles. The van der Waals surface area contributed by atoms with Crippen molar-refractivity contribution in [1.29, 1.82) is 0 Å². The summed E-state index contributed by atoms with van der Waals surface area (Å²) in [5.41, 5.74) is 1.84. The van der Waals surface area contributed by atoms with Gasteiger partial charge < -0.3 is 10.6 Å². The Balaban J connectivity index is 2.10. The average Bonchev–Trinajstić information content (AvgIpc) is 2.49. The highest BCUT2D eigenvalue weighted by Gasteiger charge is 2.10. The molecule has 1 amide bonds. The summed E-state index contributed by atoms with van der Waals surface area (Å²) in [6.07, 6.45) is 4.00. The van der Waals surface area contributed by atoms with E-state index in [1.54, 1.807) is 18.3 Å². The Labute approximate surface area is 128 Å². The van der Waals surface area contributed by atoms with Crippen LogP contribution in [0.2, 0.25) is 5.02 Å². The fourth-order valence-corrected chi connectivity index (χ4v) is 1.86. The van der Waals surface area contributed by atoms with Crippen molar-refractivity contribution in [3.8, 4) is 0 Å². The van der Waals surface area contributed by atoms with Crippen molar-refractivity contribution in [3.63, 3.8) is 0 Å². The van der Waals surface area contributed by atoms with Gasteiger partial charge in [0.25, 0.3) is 5.91 Å². The van der Waals surface area contributed by atoms with Gasteiger partial charge in [-0.2, -0.15) is 0 Å². The van der Waals surface area contributed by atoms with Crippen LogP contribution in [0.5, 0.6) is 0 Å². The third-order valence-corrected chi connectivity index (χ3v) is 3.26. The number of carbonyl (C=O) groups is 1. The zero-order valence-corrected chi connectivity index (χ0v) is 12.7. The molecule has 0 spiro atoms. The molecule has 110 valence electrons. The number of hydrogen-bond acceptors (Lipinski definition) is 4. The van der Waals surface area contributed by atoms with Gasteiger partial charge in [0.15, 0.2) is 0 Å². The van der Waals surface area contributed by atoms with Gasteiger partial charge in [0.2, 0.25) is 0 Å². The number of aromatic nitrogens is 2. The van der Waals surface area contributed by atoms with Gasteiger partial charge >= 0.3 is 0 Å². The summed E-state index contributed by atoms with van der Waals surface area (Å²) < 4.78 is 0. The maximum Gasteiger partial charge on any atom is 0.275 e. The summed E-state index contributed by atoms with van der Waals surface area (Å²) in [5, 5.41) is 6.46. The predicted molar refractivity (Wildman–Crippen MR) is 85.0 cm³/mol. The number of nitrogens with zero attached hydrogens (tertiary/aromatic N) is 2. The van der Waals surface area contributed by atoms with Crippen LogP contribution < -0.4 is 10.6 Å². The van der Waals surface area contributed by atoms with Crippen LogP contribution in [0.25, 0.3) is 0 Å². The summed E-state index contributed by atoms with van der Waals surface area (Å²) in [6.45, 7) is 4.74. The van der Waals surface area contributed by atoms with Crippen molar-refractivity contribution >= 4 is 29.0 Å². The second kappa shape index (κ2) is 7.04. The van der Waals surface area contributed by atoms with Gasteiger partial charge in [0.1, 0.15) is 11.5 Å². The van der Waals surface area contributed by atoms with E-state index in [2.05, 4.69) is 27.5 Å². The molecule has 1 heterocycles. The molecule has 2 rings (SSSR count). The first-order chi connectivity index (χ1) is 10.1. The Kier molecular flexibility index (Phi) is 5.11. The summed E-state index contributed by atoms with van der Waals surface area (Å²) in [6, 6.07) is 5.36. The molecule has 0 fully saturated rings. The molecule has 0 bridgehead atoms. The van der Waals surface area contributed by atoms with E-state index in [0.29, 0.717) is 16.5 Å². The molecule has 0 aliphatic rings. The van der Waals surface area contributed by atoms with E-state index in [0.717, 1.165) is 18.5 Å². The van der Waals surface area contributed by atoms with Crippen LogP contribution in [-0.4, -0.2) is 22.4 Å². The van der Waals surface area contributed by atoms with Crippen LogP contribution in [0.1, 0.15) is 29.4 Å². The number of hydrogen-bond donors (Lipinski definition) is 2. The van der Waals surface area contributed by atoms with Crippen molar-refractivity contribution in [2.45, 2.75) is 20.3 Å². The SMILES string of the molecule is CCCNc1cncc(C(=O)Nc2ccc(C)c(Cl)c2)n1. The highest BCUT2D eigenvalue weighted by atomic mass is 35.5. The molecular formula is C15H17ClN4O. The first-order valence-electron chi connectivity index (χ1n) is 6.73. The van der Waals surface area contributed by atoms with E-state index >= 15 is 0 Å². The lowest BCUT2D eigenvalue weighted by Gasteiger charge is -2.08. The molecule has 2 aromatic rings. The van der Waals surface area contributed by atoms with Crippen molar-refractivity contribution in [2.75, 3.05) is 17.2 Å². The Morgan fingerprint density at radius 2 is 2.14 bits per heavy atom. The number of halogens is 1. The van der Waals surface area contributed by atoms with Crippen LogP contribution in [0, 0.1) is 6.92 Å². The molecule has 1 aromatic heterocycles. The molecule has 0 radical (unpaired) electrons. The van der Waals surface area contributed by atoms with Crippen LogP contribution in [-0.2, 0) is 0 Å². The average molecular weight is 305 g/mol. The standard InChI is InChI=1S/C15H17ClN4O/c1-3-6-18-14-9-17-8-13(20-14)15(21)19-11-5-4-10(2)12(16)7-11/h4-5,7-9H,3,6H2,1-2H3,(H,18,20)(H,19,21). The number of carbonyl (C=O) groups excluding carboxylic acids is 1. The van der Waals surface area contributed by atoms with Gasteiger partial charge in [-0.3, -0.25) is 9.78 Å². The minimum Gasteiger partial charge on any atom is -0.369 e. The molecule has 2 N–H and O–H groups in total. The van der Waals surface area contributed by atoms with Crippen LogP contribution >= 0.6 is 11.6 Å². The van der Waals surface area contributed by atoms with E-state index in [1.807, 2.05) is 13.0 Å². The monoisotopic (exact) mass is 304 g/mol. The van der Waals surface area contributed by atoms with Crippen LogP contribution in [0.15, 0.2) is 30.6 Å². The first kappa shape index (κ1) is 15.3. The van der Waals surface area contributed by atoms with Crippen molar-refractivity contribution in [2.24, 2.45) is 0 Å². The van der Waals surface area contributed by atoms with Gasteiger partial charge in [-0.15, -0.1) is 0 Å². The van der Waals surface area contributed by atoms with Crippen LogP contribution in [0.4, 0.5) is 11.5 Å². The summed E-state index contributed by atoms with van der Waals surface area (Å²) in [4.78, 5) is 20.4. The largest absolute Gasteiger partial charge is 0.369 e. The maximum atomic E-state index is 12.2. The highest BCUT2D eigenvalue weighted by molar-refractivity contribution is 6.31. The number of amides is 1. The number of benzene rings is 1. The fraction of sp³-hybridized carbons (Fsp3) is 0.267. The van der Waals surface area contributed by atoms with Gasteiger partial charge in [-0.25, -0.2) is 4.98 Å². The fourth-order valence-electron chi connectivity index (χ4n) is 1.68. The second-order valence-corrected chi connectivity index (χ2v) is 5.04. The van der Waals surface area contributed by atoms with E-state index in [9.17, 15) is 4.79 Å². The molecule has 1 aromatic carbocycles. The number of aryl methyl sites for hydroxylation is 1. The van der Waals surface area contributed by atoms with Gasteiger partial charge in [0, 0.05) is 17.3 Å². The Morgan fingerprint density at radius 1 is 1.33 bits per heavy atom. The van der Waals surface area contributed by atoms with E-state index in [4.69, 9.17) is 11.6 Å². The van der Waals surface area contributed by atoms with Crippen molar-refractivity contribution in [1.82, 2.24) is 9.97 Å². The summed E-state index contributed by atoms with van der Waals surface area (Å²) in [5.74, 6) is 0.272. The van der Waals surface area contributed by atoms with E-state index in [-0.39, 0.29) is 11.6 Å². The highest BCUT2D eigenvalue weighted by Crippen LogP contribution is 2.20. The Hall–Kier alpha value is -2.14. The topological polar surface area (TPSA) is 66.9 Å². The van der Waals surface area contributed by atoms with Crippen LogP contribution in [0.3, 0.4) is 0 Å². The molecule has 0 aliphatic heterocycles. The quantitative estimate of drug-likeness (QED) is 0.887. The molecular weight excluding hydrogens is 288 g/mol. The third kappa shape index (κ3) is 4.16. The van der Waals surface area contributed by atoms with Gasteiger partial charge in [-0.1, -0.05) is 24.6 Å². The summed E-state index contributed by atoms with van der Waals surface area (Å²) >= 11 is 6.04. The first-order valence-corrected chi connectivity index (χ1v) is 7.11. The van der Waals surface area contributed by atoms with Gasteiger partial charge in [-0.05, 0) is 31.0 Å². The zero-order valence-electron chi connectivity index (χ0n) is 12.0. The van der Waals surface area contributed by atoms with Crippen molar-refractivity contribution < 1.29 is 4.79 Å². The molecule has 21 heavy (non-hydrogen) atoms. The number of nitrogens with one attached hydrogen (secondary N) is 2. The maximum absolute atomic E-state index is 12.2. The second-order valence-electron chi connectivity index (χ2n) is 4.63. The minimum atomic E-state index is -0.317. The minimum absolute atomic E-state index is 0.257. The molecule has 0 atom stereocenters. The van der Waals surface area contributed by atoms with E-state index in [1.165, 1.54) is 6.20 Å². The van der Waals surface area contributed by atoms with Crippen molar-refractivity contribution in [3.05, 3.63) is 46.9 Å². The number of anilines is 2. The lowest BCUT2D eigenvalue weighted by Crippen LogP contribution is -2.15. The lowest BCUT2D eigenvalue weighted by atomic mass is 10.2. The summed E-state index contributed by atoms with van der Waals surface area (Å²) in [7, 11) is 0. The molecule has 0 saturated carbocycles. The number of rotatable bonds is 5. The molecule has 0 aliphatic carbocycles. The molecule has 5 nitrogen and oxygen atoms in total. The third-order valence-electron chi connectivity index (χ3n) is 2.85. The Morgan fingerprint density at radius 3 is 2.86 bits per heavy atom.